The van der Waals surface area contributed by atoms with Gasteiger partial charge in [0.2, 0.25) is 0 Å². The summed E-state index contributed by atoms with van der Waals surface area (Å²) in [5.74, 6) is 1.28. The Balaban J connectivity index is 0. The van der Waals surface area contributed by atoms with Gasteiger partial charge in [-0.2, -0.15) is 0 Å². The fourth-order valence-electron chi connectivity index (χ4n) is 1.56. The molecule has 0 saturated heterocycles. The van der Waals surface area contributed by atoms with Crippen LogP contribution in [-0.2, 0) is 11.3 Å². The predicted molar refractivity (Wildman–Crippen MR) is 75.0 cm³/mol. The normalized spacial score (nSPS) is 11.5. The van der Waals surface area contributed by atoms with Gasteiger partial charge in [-0.15, -0.1) is 12.4 Å². The van der Waals surface area contributed by atoms with E-state index in [1.165, 1.54) is 11.1 Å². The van der Waals surface area contributed by atoms with Crippen molar-refractivity contribution in [1.82, 2.24) is 0 Å². The summed E-state index contributed by atoms with van der Waals surface area (Å²) in [6.07, 6.45) is 0. The summed E-state index contributed by atoms with van der Waals surface area (Å²) in [5, 5.41) is 4.03. The van der Waals surface area contributed by atoms with E-state index in [4.69, 9.17) is 8.76 Å². The lowest BCUT2D eigenvalue weighted by atomic mass is 9.91. The molecule has 17 heavy (non-hydrogen) atoms. The van der Waals surface area contributed by atoms with E-state index in [2.05, 4.69) is 57.1 Å². The lowest BCUT2D eigenvalue weighted by Crippen LogP contribution is -1.97. The van der Waals surface area contributed by atoms with Crippen LogP contribution < -0.4 is 5.14 Å². The van der Waals surface area contributed by atoms with Crippen molar-refractivity contribution in [3.63, 3.8) is 0 Å². The van der Waals surface area contributed by atoms with Crippen LogP contribution in [-0.4, -0.2) is 8.76 Å². The van der Waals surface area contributed by atoms with Gasteiger partial charge in [-0.3, -0.25) is 9.35 Å². The minimum Gasteiger partial charge on any atom is -0.760 e. The molecule has 0 aliphatic heterocycles. The van der Waals surface area contributed by atoms with Crippen molar-refractivity contribution >= 4 is 23.7 Å². The molecular formula is C12H21ClNO2S-. The predicted octanol–water partition coefficient (Wildman–Crippen LogP) is 3.09. The molecule has 2 N–H and O–H groups in total. The molecule has 0 radical (unpaired) electrons. The van der Waals surface area contributed by atoms with Crippen LogP contribution in [0.1, 0.15) is 50.7 Å². The molecule has 1 aromatic carbocycles. The Morgan fingerprint density at radius 3 is 1.47 bits per heavy atom. The topological polar surface area (TPSA) is 66.2 Å². The maximum absolute atomic E-state index is 8.78. The molecule has 0 aliphatic carbocycles. The summed E-state index contributed by atoms with van der Waals surface area (Å²) in [6, 6.07) is 8.72. The van der Waals surface area contributed by atoms with E-state index in [0.29, 0.717) is 11.8 Å². The Morgan fingerprint density at radius 1 is 1.06 bits per heavy atom. The Hall–Kier alpha value is -0.420. The quantitative estimate of drug-likeness (QED) is 0.845. The summed E-state index contributed by atoms with van der Waals surface area (Å²) < 4.78 is 17.6. The molecule has 0 saturated carbocycles. The minimum absolute atomic E-state index is 0. The van der Waals surface area contributed by atoms with Gasteiger partial charge in [0.05, 0.1) is 0 Å². The van der Waals surface area contributed by atoms with Gasteiger partial charge in [0.25, 0.3) is 0 Å². The Morgan fingerprint density at radius 2 is 1.29 bits per heavy atom. The van der Waals surface area contributed by atoms with Gasteiger partial charge in [-0.25, -0.2) is 0 Å². The van der Waals surface area contributed by atoms with Gasteiger partial charge in [0.15, 0.2) is 0 Å². The highest BCUT2D eigenvalue weighted by Gasteiger charge is 2.07. The first-order valence-electron chi connectivity index (χ1n) is 5.28. The van der Waals surface area contributed by atoms with E-state index in [0.717, 1.165) is 0 Å². The molecule has 0 amide bonds. The van der Waals surface area contributed by atoms with Gasteiger partial charge >= 0.3 is 0 Å². The molecule has 0 aliphatic rings. The Labute approximate surface area is 113 Å². The first-order chi connectivity index (χ1) is 7.36. The van der Waals surface area contributed by atoms with E-state index in [9.17, 15) is 0 Å². The monoisotopic (exact) mass is 278 g/mol. The van der Waals surface area contributed by atoms with Crippen molar-refractivity contribution in [2.75, 3.05) is 0 Å². The summed E-state index contributed by atoms with van der Waals surface area (Å²) >= 11 is -2.36. The molecular weight excluding hydrogens is 258 g/mol. The third-order valence-corrected chi connectivity index (χ3v) is 2.24. The van der Waals surface area contributed by atoms with Crippen molar-refractivity contribution in [1.29, 1.82) is 0 Å². The number of benzene rings is 1. The minimum atomic E-state index is -2.36. The first kappa shape index (κ1) is 18.9. The van der Waals surface area contributed by atoms with E-state index >= 15 is 0 Å². The van der Waals surface area contributed by atoms with Gasteiger partial charge in [-0.1, -0.05) is 52.0 Å². The Kier molecular flexibility index (Phi) is 10.7. The van der Waals surface area contributed by atoms with Crippen molar-refractivity contribution in [2.45, 2.75) is 39.5 Å². The largest absolute Gasteiger partial charge is 0.760 e. The van der Waals surface area contributed by atoms with Crippen LogP contribution in [0.4, 0.5) is 0 Å². The zero-order chi connectivity index (χ0) is 12.7. The molecule has 1 atom stereocenters. The highest BCUT2D eigenvalue weighted by atomic mass is 35.5. The van der Waals surface area contributed by atoms with Crippen molar-refractivity contribution in [3.8, 4) is 0 Å². The van der Waals surface area contributed by atoms with E-state index < -0.39 is 11.3 Å². The van der Waals surface area contributed by atoms with Gasteiger partial charge in [-0.05, 0) is 23.0 Å². The van der Waals surface area contributed by atoms with Gasteiger partial charge in [0.1, 0.15) is 0 Å². The summed E-state index contributed by atoms with van der Waals surface area (Å²) in [7, 11) is 0. The SMILES string of the molecule is CC(C)c1ccccc1C(C)C.Cl.NS(=O)[O-]. The zero-order valence-electron chi connectivity index (χ0n) is 10.7. The lowest BCUT2D eigenvalue weighted by Gasteiger charge is -2.14. The summed E-state index contributed by atoms with van der Waals surface area (Å²) in [4.78, 5) is 0. The van der Waals surface area contributed by atoms with Crippen LogP contribution >= 0.6 is 12.4 Å². The summed E-state index contributed by atoms with van der Waals surface area (Å²) in [5.41, 5.74) is 2.99. The summed E-state index contributed by atoms with van der Waals surface area (Å²) in [6.45, 7) is 9.00. The zero-order valence-corrected chi connectivity index (χ0v) is 12.3. The van der Waals surface area contributed by atoms with Crippen molar-refractivity contribution < 1.29 is 8.76 Å². The molecule has 100 valence electrons. The third kappa shape index (κ3) is 8.32. The van der Waals surface area contributed by atoms with Crippen molar-refractivity contribution in [2.24, 2.45) is 5.14 Å². The average Bonchev–Trinajstić information content (AvgIpc) is 2.16. The molecule has 0 spiro atoms. The molecule has 0 aromatic heterocycles. The second kappa shape index (κ2) is 9.59. The van der Waals surface area contributed by atoms with Crippen LogP contribution in [0.2, 0.25) is 0 Å². The van der Waals surface area contributed by atoms with Crippen LogP contribution in [0.3, 0.4) is 0 Å². The number of hydrogen-bond donors (Lipinski definition) is 1. The fourth-order valence-corrected chi connectivity index (χ4v) is 1.56. The number of nitrogens with two attached hydrogens (primary N) is 1. The number of rotatable bonds is 2. The lowest BCUT2D eigenvalue weighted by molar-refractivity contribution is 0.539. The van der Waals surface area contributed by atoms with Crippen molar-refractivity contribution in [3.05, 3.63) is 35.4 Å². The second-order valence-electron chi connectivity index (χ2n) is 4.20. The van der Waals surface area contributed by atoms with Crippen LogP contribution in [0.25, 0.3) is 0 Å². The molecule has 1 unspecified atom stereocenters. The van der Waals surface area contributed by atoms with Gasteiger partial charge in [0, 0.05) is 11.3 Å². The molecule has 1 aromatic rings. The standard InChI is InChI=1S/C12H18.ClH.H3NO2S/c1-9(2)11-7-5-6-8-12(11)10(3)4;;1-4(2)3/h5-10H,1-4H3;1H;1H2,(H,2,3)/p-1. The third-order valence-electron chi connectivity index (χ3n) is 2.24. The molecule has 0 heterocycles. The van der Waals surface area contributed by atoms with Crippen LogP contribution in [0.15, 0.2) is 24.3 Å². The highest BCUT2D eigenvalue weighted by molar-refractivity contribution is 7.76. The van der Waals surface area contributed by atoms with E-state index in [1.807, 2.05) is 0 Å². The molecule has 0 fully saturated rings. The number of halogens is 1. The smallest absolute Gasteiger partial charge is 0.0152 e. The second-order valence-corrected chi connectivity index (χ2v) is 4.72. The maximum Gasteiger partial charge on any atom is 0.0152 e. The average molecular weight is 279 g/mol. The fraction of sp³-hybridized carbons (Fsp3) is 0.500. The van der Waals surface area contributed by atoms with Gasteiger partial charge < -0.3 is 4.55 Å². The maximum atomic E-state index is 8.78. The molecule has 3 nitrogen and oxygen atoms in total. The van der Waals surface area contributed by atoms with Crippen LogP contribution in [0, 0.1) is 0 Å². The Bertz CT molecular complexity index is 312. The first-order valence-corrected chi connectivity index (χ1v) is 6.42. The highest BCUT2D eigenvalue weighted by Crippen LogP contribution is 2.25. The van der Waals surface area contributed by atoms with E-state index in [-0.39, 0.29) is 12.4 Å². The number of hydrogen-bond acceptors (Lipinski definition) is 2. The molecule has 5 heteroatoms. The van der Waals surface area contributed by atoms with Crippen LogP contribution in [0.5, 0.6) is 0 Å². The molecule has 1 rings (SSSR count). The van der Waals surface area contributed by atoms with E-state index in [1.54, 1.807) is 0 Å². The molecule has 0 bridgehead atoms.